The van der Waals surface area contributed by atoms with E-state index in [2.05, 4.69) is 5.32 Å². The lowest BCUT2D eigenvalue weighted by atomic mass is 10.1. The van der Waals surface area contributed by atoms with Gasteiger partial charge in [0.15, 0.2) is 6.61 Å². The Hall–Kier alpha value is -3.09. The summed E-state index contributed by atoms with van der Waals surface area (Å²) in [6, 6.07) is 10.0. The average molecular weight is 406 g/mol. The van der Waals surface area contributed by atoms with Crippen LogP contribution in [0.5, 0.6) is 0 Å². The Labute approximate surface area is 163 Å². The minimum absolute atomic E-state index is 0.0755. The molecule has 138 valence electrons. The smallest absolute Gasteiger partial charge is 0.340 e. The molecule has 2 aromatic rings. The second-order valence-corrected chi connectivity index (χ2v) is 6.36. The van der Waals surface area contributed by atoms with Gasteiger partial charge in [-0.2, -0.15) is 5.26 Å². The molecule has 0 aliphatic rings. The molecule has 2 aromatic carbocycles. The Morgan fingerprint density at radius 3 is 2.70 bits per heavy atom. The number of nitriles is 1. The van der Waals surface area contributed by atoms with Gasteiger partial charge in [-0.05, 0) is 30.5 Å². The minimum atomic E-state index is -0.768. The fraction of sp³-hybridized carbons (Fsp3) is 0.118. The van der Waals surface area contributed by atoms with Crippen LogP contribution in [0, 0.1) is 21.4 Å². The van der Waals surface area contributed by atoms with Crippen molar-refractivity contribution in [3.8, 4) is 6.07 Å². The van der Waals surface area contributed by atoms with Gasteiger partial charge in [-0.15, -0.1) is 11.8 Å². The summed E-state index contributed by atoms with van der Waals surface area (Å²) in [5, 5.41) is 22.4. The number of hydrogen-bond donors (Lipinski definition) is 1. The Morgan fingerprint density at radius 2 is 2.07 bits per heavy atom. The van der Waals surface area contributed by atoms with Crippen LogP contribution in [0.3, 0.4) is 0 Å². The summed E-state index contributed by atoms with van der Waals surface area (Å²) in [5.41, 5.74) is -0.158. The third-order valence-electron chi connectivity index (χ3n) is 3.34. The first-order valence-electron chi connectivity index (χ1n) is 7.34. The van der Waals surface area contributed by atoms with Crippen molar-refractivity contribution < 1.29 is 19.2 Å². The van der Waals surface area contributed by atoms with Gasteiger partial charge < -0.3 is 10.1 Å². The van der Waals surface area contributed by atoms with Crippen LogP contribution in [0.25, 0.3) is 0 Å². The van der Waals surface area contributed by atoms with Crippen LogP contribution in [0.2, 0.25) is 5.02 Å². The van der Waals surface area contributed by atoms with Crippen LogP contribution < -0.4 is 5.32 Å². The van der Waals surface area contributed by atoms with Crippen LogP contribution in [0.15, 0.2) is 41.3 Å². The third kappa shape index (κ3) is 5.20. The zero-order valence-electron chi connectivity index (χ0n) is 13.9. The van der Waals surface area contributed by atoms with Crippen molar-refractivity contribution in [3.63, 3.8) is 0 Å². The highest BCUT2D eigenvalue weighted by molar-refractivity contribution is 7.98. The maximum atomic E-state index is 12.1. The number of nitrogens with zero attached hydrogens (tertiary/aromatic N) is 2. The summed E-state index contributed by atoms with van der Waals surface area (Å²) in [4.78, 5) is 35.0. The maximum Gasteiger partial charge on any atom is 0.340 e. The molecule has 0 saturated carbocycles. The molecule has 27 heavy (non-hydrogen) atoms. The number of nitro groups is 1. The van der Waals surface area contributed by atoms with Crippen LogP contribution in [-0.2, 0) is 9.53 Å². The topological polar surface area (TPSA) is 122 Å². The number of benzene rings is 2. The number of amides is 1. The molecular weight excluding hydrogens is 394 g/mol. The molecule has 0 radical (unpaired) electrons. The molecule has 0 unspecified atom stereocenters. The number of carbonyl (C=O) groups excluding carboxylic acids is 2. The van der Waals surface area contributed by atoms with E-state index in [4.69, 9.17) is 21.6 Å². The molecule has 0 aliphatic carbocycles. The highest BCUT2D eigenvalue weighted by Gasteiger charge is 2.16. The van der Waals surface area contributed by atoms with Gasteiger partial charge in [0, 0.05) is 17.0 Å². The van der Waals surface area contributed by atoms with Crippen molar-refractivity contribution in [2.45, 2.75) is 4.90 Å². The van der Waals surface area contributed by atoms with Gasteiger partial charge in [-0.1, -0.05) is 11.6 Å². The Balaban J connectivity index is 2.04. The summed E-state index contributed by atoms with van der Waals surface area (Å²) < 4.78 is 4.94. The van der Waals surface area contributed by atoms with Crippen LogP contribution in [0.1, 0.15) is 15.9 Å². The Kier molecular flexibility index (Phi) is 6.76. The first kappa shape index (κ1) is 20.2. The number of halogens is 1. The van der Waals surface area contributed by atoms with Crippen molar-refractivity contribution in [2.75, 3.05) is 18.2 Å². The van der Waals surface area contributed by atoms with E-state index in [1.807, 2.05) is 6.26 Å². The highest BCUT2D eigenvalue weighted by Crippen LogP contribution is 2.24. The van der Waals surface area contributed by atoms with Gasteiger partial charge in [0.1, 0.15) is 6.07 Å². The Morgan fingerprint density at radius 1 is 1.33 bits per heavy atom. The predicted octanol–water partition coefficient (Wildman–Crippen LogP) is 3.64. The molecule has 1 amide bonds. The van der Waals surface area contributed by atoms with Gasteiger partial charge in [0.05, 0.1) is 26.8 Å². The monoisotopic (exact) mass is 405 g/mol. The molecule has 8 nitrogen and oxygen atoms in total. The standard InChI is InChI=1S/C17H12ClN3O5S/c1-27-12-3-4-14(18)13(7-12)17(23)26-9-16(22)20-15-5-2-11(21(24)25)6-10(15)8-19/h2-7H,9H2,1H3,(H,20,22). The van der Waals surface area contributed by atoms with E-state index in [1.165, 1.54) is 17.8 Å². The average Bonchev–Trinajstić information content (AvgIpc) is 2.66. The minimum Gasteiger partial charge on any atom is -0.452 e. The molecule has 0 atom stereocenters. The van der Waals surface area contributed by atoms with Gasteiger partial charge in [-0.25, -0.2) is 4.79 Å². The molecule has 0 heterocycles. The number of rotatable bonds is 6. The summed E-state index contributed by atoms with van der Waals surface area (Å²) in [5.74, 6) is -1.47. The van der Waals surface area contributed by atoms with E-state index < -0.39 is 23.4 Å². The summed E-state index contributed by atoms with van der Waals surface area (Å²) in [6.07, 6.45) is 1.84. The van der Waals surface area contributed by atoms with E-state index >= 15 is 0 Å². The second kappa shape index (κ2) is 9.02. The van der Waals surface area contributed by atoms with E-state index in [0.717, 1.165) is 17.0 Å². The third-order valence-corrected chi connectivity index (χ3v) is 4.39. The van der Waals surface area contributed by atoms with Gasteiger partial charge in [0.2, 0.25) is 0 Å². The molecule has 0 aromatic heterocycles. The number of thioether (sulfide) groups is 1. The molecule has 0 saturated heterocycles. The number of carbonyl (C=O) groups is 2. The van der Waals surface area contributed by atoms with Crippen molar-refractivity contribution >= 4 is 46.6 Å². The molecule has 0 aliphatic heterocycles. The van der Waals surface area contributed by atoms with Crippen molar-refractivity contribution in [3.05, 3.63) is 62.7 Å². The molecule has 0 bridgehead atoms. The van der Waals surface area contributed by atoms with Crippen LogP contribution >= 0.6 is 23.4 Å². The first-order valence-corrected chi connectivity index (χ1v) is 8.95. The highest BCUT2D eigenvalue weighted by atomic mass is 35.5. The lowest BCUT2D eigenvalue weighted by Crippen LogP contribution is -2.21. The number of ether oxygens (including phenoxy) is 1. The number of nitro benzene ring substituents is 1. The second-order valence-electron chi connectivity index (χ2n) is 5.07. The Bertz CT molecular complexity index is 958. The van der Waals surface area contributed by atoms with E-state index in [9.17, 15) is 19.7 Å². The lowest BCUT2D eigenvalue weighted by Gasteiger charge is -2.09. The fourth-order valence-corrected chi connectivity index (χ4v) is 2.66. The molecule has 10 heteroatoms. The number of esters is 1. The lowest BCUT2D eigenvalue weighted by molar-refractivity contribution is -0.384. The SMILES string of the molecule is CSc1ccc(Cl)c(C(=O)OCC(=O)Nc2ccc([N+](=O)[O-])cc2C#N)c1. The number of nitrogens with one attached hydrogen (secondary N) is 1. The van der Waals surface area contributed by atoms with Gasteiger partial charge in [-0.3, -0.25) is 14.9 Å². The predicted molar refractivity (Wildman–Crippen MR) is 100.0 cm³/mol. The van der Waals surface area contributed by atoms with Crippen molar-refractivity contribution in [1.82, 2.24) is 0 Å². The zero-order valence-corrected chi connectivity index (χ0v) is 15.5. The van der Waals surface area contributed by atoms with E-state index in [-0.39, 0.29) is 27.5 Å². The number of anilines is 1. The zero-order chi connectivity index (χ0) is 20.0. The fourth-order valence-electron chi connectivity index (χ4n) is 2.03. The van der Waals surface area contributed by atoms with Crippen molar-refractivity contribution in [1.29, 1.82) is 5.26 Å². The van der Waals surface area contributed by atoms with E-state index in [0.29, 0.717) is 0 Å². The van der Waals surface area contributed by atoms with Crippen LogP contribution in [0.4, 0.5) is 11.4 Å². The van der Waals surface area contributed by atoms with E-state index in [1.54, 1.807) is 24.3 Å². The number of hydrogen-bond acceptors (Lipinski definition) is 7. The molecule has 1 N–H and O–H groups in total. The molecule has 0 spiro atoms. The summed E-state index contributed by atoms with van der Waals surface area (Å²) >= 11 is 7.39. The first-order chi connectivity index (χ1) is 12.8. The quantitative estimate of drug-likeness (QED) is 0.337. The normalized spacial score (nSPS) is 9.96. The summed E-state index contributed by atoms with van der Waals surface area (Å²) in [6.45, 7) is -0.611. The number of non-ortho nitro benzene ring substituents is 1. The largest absolute Gasteiger partial charge is 0.452 e. The van der Waals surface area contributed by atoms with Crippen LogP contribution in [-0.4, -0.2) is 29.7 Å². The summed E-state index contributed by atoms with van der Waals surface area (Å²) in [7, 11) is 0. The molecular formula is C17H12ClN3O5S. The van der Waals surface area contributed by atoms with Crippen molar-refractivity contribution in [2.24, 2.45) is 0 Å². The molecule has 0 fully saturated rings. The van der Waals surface area contributed by atoms with Gasteiger partial charge >= 0.3 is 5.97 Å². The maximum absolute atomic E-state index is 12.1. The van der Waals surface area contributed by atoms with Gasteiger partial charge in [0.25, 0.3) is 11.6 Å². The molecule has 2 rings (SSSR count).